The van der Waals surface area contributed by atoms with Gasteiger partial charge in [0, 0.05) is 83.5 Å². The van der Waals surface area contributed by atoms with Gasteiger partial charge in [0.2, 0.25) is 0 Å². The lowest BCUT2D eigenvalue weighted by Gasteiger charge is -2.23. The van der Waals surface area contributed by atoms with E-state index in [1.165, 1.54) is 0 Å². The number of nitriles is 1. The van der Waals surface area contributed by atoms with Crippen LogP contribution in [0.4, 0.5) is 0 Å². The van der Waals surface area contributed by atoms with Gasteiger partial charge >= 0.3 is 0 Å². The number of halogens is 2. The minimum absolute atomic E-state index is 0.492. The zero-order valence-electron chi connectivity index (χ0n) is 20.7. The highest BCUT2D eigenvalue weighted by atomic mass is 35.5. The smallest absolute Gasteiger partial charge is 0.129 e. The van der Waals surface area contributed by atoms with Crippen LogP contribution in [0.3, 0.4) is 0 Å². The summed E-state index contributed by atoms with van der Waals surface area (Å²) in [6.07, 6.45) is 5.25. The van der Waals surface area contributed by atoms with Gasteiger partial charge in [0.25, 0.3) is 0 Å². The van der Waals surface area contributed by atoms with E-state index in [2.05, 4.69) is 25.8 Å². The molecule has 36 heavy (non-hydrogen) atoms. The van der Waals surface area contributed by atoms with E-state index in [4.69, 9.17) is 32.7 Å². The molecule has 0 aliphatic heterocycles. The van der Waals surface area contributed by atoms with Gasteiger partial charge in [0.05, 0.1) is 23.5 Å². The fraction of sp³-hybridized carbons (Fsp3) is 0.480. The third-order valence-electron chi connectivity index (χ3n) is 5.10. The lowest BCUT2D eigenvalue weighted by molar-refractivity contribution is 0.148. The van der Waals surface area contributed by atoms with Crippen LogP contribution in [-0.2, 0) is 22.6 Å². The first kappa shape index (κ1) is 30.9. The largest absolute Gasteiger partial charge is 0.383 e. The summed E-state index contributed by atoms with van der Waals surface area (Å²) in [6, 6.07) is 9.80. The Kier molecular flexibility index (Phi) is 16.1. The quantitative estimate of drug-likeness (QED) is 0.177. The summed E-state index contributed by atoms with van der Waals surface area (Å²) in [5.41, 5.74) is 2.21. The summed E-state index contributed by atoms with van der Waals surface area (Å²) < 4.78 is 11.6. The van der Waals surface area contributed by atoms with Gasteiger partial charge in [-0.25, -0.2) is 9.97 Å². The van der Waals surface area contributed by atoms with Gasteiger partial charge in [-0.15, -0.1) is 23.5 Å². The number of pyridine rings is 2. The monoisotopic (exact) mass is 569 g/mol. The van der Waals surface area contributed by atoms with Crippen molar-refractivity contribution in [2.45, 2.75) is 13.1 Å². The molecule has 0 spiro atoms. The molecule has 0 atom stereocenters. The number of hydrogen-bond acceptors (Lipinski definition) is 9. The molecule has 11 heteroatoms. The number of thioether (sulfide) groups is 2. The van der Waals surface area contributed by atoms with Crippen LogP contribution in [0.1, 0.15) is 11.1 Å². The Bertz CT molecular complexity index is 875. The standard InChI is InChI=1S/C25H33Cl2N5O2S2/c1-33-13-9-31(19-21-3-5-23(26)29-17-21)11-15-35-25(7-8-28)36-16-12-32(10-14-34-2)20-22-4-6-24(27)30-18-22/h3-7,17-18H,9-16,19-20H2,1-2H3. The maximum Gasteiger partial charge on any atom is 0.129 e. The van der Waals surface area contributed by atoms with Crippen LogP contribution in [0.25, 0.3) is 0 Å². The second kappa shape index (κ2) is 18.8. The molecule has 196 valence electrons. The zero-order chi connectivity index (χ0) is 26.0. The van der Waals surface area contributed by atoms with Crippen molar-refractivity contribution < 1.29 is 9.47 Å². The first-order chi connectivity index (χ1) is 17.5. The van der Waals surface area contributed by atoms with E-state index in [0.717, 1.165) is 66.1 Å². The Morgan fingerprint density at radius 1 is 0.861 bits per heavy atom. The SMILES string of the molecule is COCCN(CCSC(=CC#N)SCCN(CCOC)Cc1ccc(Cl)nc1)Cc1ccc(Cl)nc1. The first-order valence-electron chi connectivity index (χ1n) is 11.5. The van der Waals surface area contributed by atoms with Crippen LogP contribution in [-0.4, -0.2) is 84.9 Å². The second-order valence-corrected chi connectivity index (χ2v) is 11.1. The molecule has 0 fully saturated rings. The third-order valence-corrected chi connectivity index (χ3v) is 7.83. The molecule has 0 saturated carbocycles. The van der Waals surface area contributed by atoms with Crippen molar-refractivity contribution in [3.05, 3.63) is 68.4 Å². The fourth-order valence-corrected chi connectivity index (χ4v) is 5.66. The number of ether oxygens (including phenoxy) is 2. The number of rotatable bonds is 18. The van der Waals surface area contributed by atoms with E-state index in [-0.39, 0.29) is 0 Å². The number of aromatic nitrogens is 2. The first-order valence-corrected chi connectivity index (χ1v) is 14.3. The van der Waals surface area contributed by atoms with Crippen molar-refractivity contribution in [2.75, 3.05) is 65.1 Å². The molecule has 2 aromatic rings. The van der Waals surface area contributed by atoms with E-state index in [1.807, 2.05) is 36.7 Å². The number of methoxy groups -OCH3 is 2. The van der Waals surface area contributed by atoms with Crippen LogP contribution in [0.2, 0.25) is 10.3 Å². The molecule has 0 radical (unpaired) electrons. The van der Waals surface area contributed by atoms with E-state index in [9.17, 15) is 5.26 Å². The third kappa shape index (κ3) is 13.3. The minimum atomic E-state index is 0.492. The van der Waals surface area contributed by atoms with Gasteiger partial charge in [-0.3, -0.25) is 9.80 Å². The predicted octanol–water partition coefficient (Wildman–Crippen LogP) is 5.21. The lowest BCUT2D eigenvalue weighted by atomic mass is 10.2. The van der Waals surface area contributed by atoms with Gasteiger partial charge < -0.3 is 9.47 Å². The van der Waals surface area contributed by atoms with Crippen molar-refractivity contribution in [1.82, 2.24) is 19.8 Å². The van der Waals surface area contributed by atoms with E-state index < -0.39 is 0 Å². The summed E-state index contributed by atoms with van der Waals surface area (Å²) in [5, 5.41) is 10.3. The summed E-state index contributed by atoms with van der Waals surface area (Å²) in [4.78, 5) is 13.0. The fourth-order valence-electron chi connectivity index (χ4n) is 3.23. The number of allylic oxidation sites excluding steroid dienone is 1. The van der Waals surface area contributed by atoms with E-state index >= 15 is 0 Å². The van der Waals surface area contributed by atoms with Crippen LogP contribution >= 0.6 is 46.7 Å². The highest BCUT2D eigenvalue weighted by Gasteiger charge is 2.10. The molecule has 0 aliphatic rings. The zero-order valence-corrected chi connectivity index (χ0v) is 23.9. The maximum atomic E-state index is 9.28. The molecule has 7 nitrogen and oxygen atoms in total. The highest BCUT2D eigenvalue weighted by molar-refractivity contribution is 8.22. The van der Waals surface area contributed by atoms with Crippen molar-refractivity contribution in [2.24, 2.45) is 0 Å². The number of nitrogens with zero attached hydrogens (tertiary/aromatic N) is 5. The van der Waals surface area contributed by atoms with Crippen LogP contribution in [0, 0.1) is 11.3 Å². The molecule has 0 aromatic carbocycles. The minimum Gasteiger partial charge on any atom is -0.383 e. The summed E-state index contributed by atoms with van der Waals surface area (Å²) in [5.74, 6) is 1.74. The molecule has 0 aliphatic carbocycles. The molecule has 0 saturated heterocycles. The average molecular weight is 571 g/mol. The maximum absolute atomic E-state index is 9.28. The van der Waals surface area contributed by atoms with Crippen molar-refractivity contribution >= 4 is 46.7 Å². The van der Waals surface area contributed by atoms with E-state index in [1.54, 1.807) is 43.8 Å². The van der Waals surface area contributed by atoms with Crippen molar-refractivity contribution in [1.29, 1.82) is 5.26 Å². The molecule has 0 unspecified atom stereocenters. The normalized spacial score (nSPS) is 11.1. The Morgan fingerprint density at radius 2 is 1.33 bits per heavy atom. The molecule has 2 heterocycles. The van der Waals surface area contributed by atoms with Crippen molar-refractivity contribution in [3.8, 4) is 6.07 Å². The van der Waals surface area contributed by atoms with E-state index in [0.29, 0.717) is 23.5 Å². The molecule has 0 bridgehead atoms. The molecule has 0 N–H and O–H groups in total. The summed E-state index contributed by atoms with van der Waals surface area (Å²) in [6.45, 7) is 6.21. The predicted molar refractivity (Wildman–Crippen MR) is 151 cm³/mol. The topological polar surface area (TPSA) is 74.5 Å². The number of hydrogen-bond donors (Lipinski definition) is 0. The summed E-state index contributed by atoms with van der Waals surface area (Å²) in [7, 11) is 3.42. The molecule has 2 aromatic heterocycles. The average Bonchev–Trinajstić information content (AvgIpc) is 2.88. The molecule has 0 amide bonds. The molecular weight excluding hydrogens is 537 g/mol. The molecule has 2 rings (SSSR count). The van der Waals surface area contributed by atoms with Gasteiger partial charge in [0.15, 0.2) is 0 Å². The van der Waals surface area contributed by atoms with Gasteiger partial charge in [-0.1, -0.05) is 35.3 Å². The van der Waals surface area contributed by atoms with Gasteiger partial charge in [-0.2, -0.15) is 5.26 Å². The lowest BCUT2D eigenvalue weighted by Crippen LogP contribution is -2.29. The van der Waals surface area contributed by atoms with Gasteiger partial charge in [0.1, 0.15) is 10.3 Å². The Balaban J connectivity index is 1.84. The van der Waals surface area contributed by atoms with Gasteiger partial charge in [-0.05, 0) is 23.3 Å². The van der Waals surface area contributed by atoms with Crippen molar-refractivity contribution in [3.63, 3.8) is 0 Å². The van der Waals surface area contributed by atoms with Crippen LogP contribution in [0.15, 0.2) is 47.0 Å². The Morgan fingerprint density at radius 3 is 1.69 bits per heavy atom. The molecular formula is C25H33Cl2N5O2S2. The van der Waals surface area contributed by atoms with Crippen LogP contribution < -0.4 is 0 Å². The second-order valence-electron chi connectivity index (χ2n) is 7.81. The highest BCUT2D eigenvalue weighted by Crippen LogP contribution is 2.28. The Hall–Kier alpha value is -1.35. The summed E-state index contributed by atoms with van der Waals surface area (Å²) >= 11 is 15.2. The Labute approximate surface area is 233 Å². The van der Waals surface area contributed by atoms with Crippen LogP contribution in [0.5, 0.6) is 0 Å².